The van der Waals surface area contributed by atoms with Gasteiger partial charge in [-0.15, -0.1) is 0 Å². The average molecular weight is 468 g/mol. The molecule has 9 nitrogen and oxygen atoms in total. The van der Waals surface area contributed by atoms with Gasteiger partial charge in [0.2, 0.25) is 0 Å². The quantitative estimate of drug-likeness (QED) is 0.493. The van der Waals surface area contributed by atoms with Crippen LogP contribution in [-0.2, 0) is 16.8 Å². The Labute approximate surface area is 197 Å². The summed E-state index contributed by atoms with van der Waals surface area (Å²) in [6, 6.07) is 7.10. The minimum absolute atomic E-state index is 0.0295. The van der Waals surface area contributed by atoms with Crippen LogP contribution in [0.1, 0.15) is 76.2 Å². The number of amides is 1. The van der Waals surface area contributed by atoms with Crippen LogP contribution in [0.3, 0.4) is 0 Å². The predicted molar refractivity (Wildman–Crippen MR) is 126 cm³/mol. The van der Waals surface area contributed by atoms with E-state index in [1.54, 1.807) is 29.8 Å². The summed E-state index contributed by atoms with van der Waals surface area (Å²) >= 11 is 0. The van der Waals surface area contributed by atoms with E-state index in [2.05, 4.69) is 32.9 Å². The molecule has 1 amide bonds. The molecule has 2 N–H and O–H groups in total. The molecule has 3 aromatic rings. The second kappa shape index (κ2) is 9.36. The van der Waals surface area contributed by atoms with Crippen molar-refractivity contribution in [1.29, 1.82) is 0 Å². The van der Waals surface area contributed by atoms with Crippen LogP contribution in [0.5, 0.6) is 0 Å². The van der Waals surface area contributed by atoms with E-state index in [9.17, 15) is 9.59 Å². The molecule has 4 rings (SSSR count). The molecule has 180 valence electrons. The first-order chi connectivity index (χ1) is 16.2. The second-order valence-electron chi connectivity index (χ2n) is 9.25. The lowest BCUT2D eigenvalue weighted by atomic mass is 9.80. The molecule has 10 heteroatoms. The van der Waals surface area contributed by atoms with Crippen molar-refractivity contribution in [2.24, 2.45) is 0 Å². The topological polar surface area (TPSA) is 110 Å². The van der Waals surface area contributed by atoms with E-state index >= 15 is 4.39 Å². The molecule has 1 aliphatic heterocycles. The lowest BCUT2D eigenvalue weighted by Gasteiger charge is -2.37. The number of aryl methyl sites for hydroxylation is 1. The molecule has 1 aromatic carbocycles. The fraction of sp³-hybridized carbons (Fsp3) is 0.458. The van der Waals surface area contributed by atoms with Gasteiger partial charge in [0.05, 0.1) is 11.2 Å². The normalized spacial score (nSPS) is 18.6. The van der Waals surface area contributed by atoms with Crippen molar-refractivity contribution < 1.29 is 9.18 Å². The van der Waals surface area contributed by atoms with E-state index in [0.717, 1.165) is 35.9 Å². The summed E-state index contributed by atoms with van der Waals surface area (Å²) in [4.78, 5) is 25.6. The Kier molecular flexibility index (Phi) is 6.49. The van der Waals surface area contributed by atoms with E-state index in [-0.39, 0.29) is 24.0 Å². The Bertz CT molecular complexity index is 1290. The Morgan fingerprint density at radius 2 is 2.00 bits per heavy atom. The van der Waals surface area contributed by atoms with Crippen LogP contribution >= 0.6 is 0 Å². The molecule has 0 saturated heterocycles. The number of aromatic nitrogens is 6. The number of hydrogen-bond donors (Lipinski definition) is 2. The number of nitrogens with zero attached hydrogens (tertiary/aromatic N) is 5. The van der Waals surface area contributed by atoms with Crippen LogP contribution in [0.15, 0.2) is 35.3 Å². The Hall–Kier alpha value is -3.56. The van der Waals surface area contributed by atoms with Gasteiger partial charge in [-0.05, 0) is 61.7 Å². The maximum absolute atomic E-state index is 15.3. The number of tetrazole rings is 1. The SMILES string of the molecule is CCCCCc1ccc([C@]2(C)CC(c3ccn(C(C)C)n3)=C(n3nn[nH]c3=O)C(=O)N2)c(F)c1. The van der Waals surface area contributed by atoms with Crippen molar-refractivity contribution >= 4 is 17.2 Å². The molecular formula is C24H30FN7O2. The molecule has 1 aliphatic rings. The molecular weight excluding hydrogens is 437 g/mol. The van der Waals surface area contributed by atoms with Crippen molar-refractivity contribution in [3.63, 3.8) is 0 Å². The van der Waals surface area contributed by atoms with Gasteiger partial charge >= 0.3 is 5.69 Å². The number of H-pyrrole nitrogens is 1. The number of carbonyl (C=O) groups excluding carboxylic acids is 1. The van der Waals surface area contributed by atoms with Gasteiger partial charge in [0, 0.05) is 29.8 Å². The van der Waals surface area contributed by atoms with Crippen LogP contribution in [0.2, 0.25) is 0 Å². The second-order valence-corrected chi connectivity index (χ2v) is 9.25. The minimum atomic E-state index is -1.04. The fourth-order valence-electron chi connectivity index (χ4n) is 4.40. The zero-order valence-corrected chi connectivity index (χ0v) is 19.9. The van der Waals surface area contributed by atoms with Crippen LogP contribution < -0.4 is 11.0 Å². The highest BCUT2D eigenvalue weighted by atomic mass is 19.1. The minimum Gasteiger partial charge on any atom is -0.341 e. The summed E-state index contributed by atoms with van der Waals surface area (Å²) in [5.74, 6) is -0.920. The molecule has 34 heavy (non-hydrogen) atoms. The lowest BCUT2D eigenvalue weighted by Crippen LogP contribution is -2.49. The molecule has 3 heterocycles. The molecule has 0 fully saturated rings. The summed E-state index contributed by atoms with van der Waals surface area (Å²) in [6.45, 7) is 7.89. The van der Waals surface area contributed by atoms with Gasteiger partial charge in [0.25, 0.3) is 5.91 Å². The lowest BCUT2D eigenvalue weighted by molar-refractivity contribution is -0.118. The number of nitrogens with one attached hydrogen (secondary N) is 2. The molecule has 0 aliphatic carbocycles. The van der Waals surface area contributed by atoms with E-state index in [1.807, 2.05) is 26.1 Å². The first kappa shape index (κ1) is 23.6. The molecule has 0 unspecified atom stereocenters. The van der Waals surface area contributed by atoms with E-state index in [4.69, 9.17) is 0 Å². The standard InChI is InChI=1S/C24H30FN7O2/c1-5-6-7-8-16-9-10-18(19(25)13-16)24(4)14-17(20-11-12-31(28-20)15(2)3)21(22(33)26-24)32-23(34)27-29-30-32/h9-13,15H,5-8,14H2,1-4H3,(H,26,33)(H,27,30,34)/t24-/m0/s1. The Balaban J connectivity index is 1.78. The smallest absolute Gasteiger partial charge is 0.341 e. The number of aromatic amines is 1. The van der Waals surface area contributed by atoms with Gasteiger partial charge in [0.15, 0.2) is 0 Å². The highest BCUT2D eigenvalue weighted by Crippen LogP contribution is 2.40. The van der Waals surface area contributed by atoms with Gasteiger partial charge < -0.3 is 5.32 Å². The number of benzene rings is 1. The fourth-order valence-corrected chi connectivity index (χ4v) is 4.40. The van der Waals surface area contributed by atoms with Crippen LogP contribution in [-0.4, -0.2) is 35.9 Å². The molecule has 0 saturated carbocycles. The average Bonchev–Trinajstić information content (AvgIpc) is 3.43. The highest BCUT2D eigenvalue weighted by molar-refractivity contribution is 6.22. The number of unbranched alkanes of at least 4 members (excludes halogenated alkanes) is 2. The Morgan fingerprint density at radius 1 is 1.21 bits per heavy atom. The van der Waals surface area contributed by atoms with Crippen molar-refractivity contribution in [2.45, 2.75) is 71.4 Å². The molecule has 0 radical (unpaired) electrons. The van der Waals surface area contributed by atoms with Gasteiger partial charge in [-0.2, -0.15) is 9.78 Å². The third kappa shape index (κ3) is 4.44. The van der Waals surface area contributed by atoms with Crippen LogP contribution in [0.4, 0.5) is 4.39 Å². The zero-order chi connectivity index (χ0) is 24.5. The Morgan fingerprint density at radius 3 is 2.62 bits per heavy atom. The number of rotatable bonds is 8. The van der Waals surface area contributed by atoms with E-state index < -0.39 is 17.1 Å². The maximum Gasteiger partial charge on any atom is 0.366 e. The third-order valence-electron chi connectivity index (χ3n) is 6.25. The van der Waals surface area contributed by atoms with E-state index in [1.165, 1.54) is 0 Å². The maximum atomic E-state index is 15.3. The van der Waals surface area contributed by atoms with Crippen LogP contribution in [0, 0.1) is 5.82 Å². The van der Waals surface area contributed by atoms with Crippen molar-refractivity contribution in [1.82, 2.24) is 35.3 Å². The summed E-state index contributed by atoms with van der Waals surface area (Å²) in [5.41, 5.74) is 0.675. The monoisotopic (exact) mass is 467 g/mol. The van der Waals surface area contributed by atoms with Crippen molar-refractivity contribution in [3.8, 4) is 0 Å². The van der Waals surface area contributed by atoms with Gasteiger partial charge in [0.1, 0.15) is 11.5 Å². The number of hydrogen-bond acceptors (Lipinski definition) is 5. The molecule has 0 bridgehead atoms. The first-order valence-electron chi connectivity index (χ1n) is 11.6. The van der Waals surface area contributed by atoms with Gasteiger partial charge in [-0.3, -0.25) is 9.48 Å². The van der Waals surface area contributed by atoms with Gasteiger partial charge in [-0.25, -0.2) is 14.3 Å². The van der Waals surface area contributed by atoms with Crippen molar-refractivity contribution in [3.05, 3.63) is 63.6 Å². The first-order valence-corrected chi connectivity index (χ1v) is 11.6. The molecule has 0 spiro atoms. The predicted octanol–water partition coefficient (Wildman–Crippen LogP) is 3.42. The van der Waals surface area contributed by atoms with Crippen LogP contribution in [0.25, 0.3) is 11.3 Å². The summed E-state index contributed by atoms with van der Waals surface area (Å²) in [6.07, 6.45) is 6.04. The number of halogens is 1. The zero-order valence-electron chi connectivity index (χ0n) is 19.9. The van der Waals surface area contributed by atoms with E-state index in [0.29, 0.717) is 16.8 Å². The highest BCUT2D eigenvalue weighted by Gasteiger charge is 2.41. The molecule has 2 aromatic heterocycles. The van der Waals surface area contributed by atoms with Crippen molar-refractivity contribution in [2.75, 3.05) is 0 Å². The van der Waals surface area contributed by atoms with Gasteiger partial charge in [-0.1, -0.05) is 31.9 Å². The third-order valence-corrected chi connectivity index (χ3v) is 6.25. The summed E-state index contributed by atoms with van der Waals surface area (Å²) in [5, 5.41) is 17.0. The number of carbonyl (C=O) groups is 1. The molecule has 1 atom stereocenters. The largest absolute Gasteiger partial charge is 0.366 e. The summed E-state index contributed by atoms with van der Waals surface area (Å²) < 4.78 is 18.0. The summed E-state index contributed by atoms with van der Waals surface area (Å²) in [7, 11) is 0.